The van der Waals surface area contributed by atoms with Gasteiger partial charge in [0.25, 0.3) is 5.91 Å². The predicted molar refractivity (Wildman–Crippen MR) is 109 cm³/mol. The fourth-order valence-electron chi connectivity index (χ4n) is 3.56. The lowest BCUT2D eigenvalue weighted by molar-refractivity contribution is 0.0994. The minimum atomic E-state index is -0.663. The molecule has 30 heavy (non-hydrogen) atoms. The molecule has 1 amide bonds. The van der Waals surface area contributed by atoms with Gasteiger partial charge in [-0.3, -0.25) is 9.69 Å². The zero-order valence-corrected chi connectivity index (χ0v) is 17.4. The van der Waals surface area contributed by atoms with Gasteiger partial charge in [0.2, 0.25) is 5.89 Å². The first-order valence-corrected chi connectivity index (χ1v) is 10.0. The average Bonchev–Trinajstić information content (AvgIpc) is 3.16. The summed E-state index contributed by atoms with van der Waals surface area (Å²) in [5.74, 6) is 0.250. The summed E-state index contributed by atoms with van der Waals surface area (Å²) in [6.07, 6.45) is 0.629. The molecule has 0 unspecified atom stereocenters. The van der Waals surface area contributed by atoms with E-state index in [0.29, 0.717) is 59.6 Å². The molecule has 9 heteroatoms. The molecule has 0 radical (unpaired) electrons. The molecule has 4 rings (SSSR count). The lowest BCUT2D eigenvalue weighted by Gasteiger charge is -2.28. The summed E-state index contributed by atoms with van der Waals surface area (Å²) in [4.78, 5) is 22.8. The predicted octanol–water partition coefficient (Wildman–Crippen LogP) is 3.70. The van der Waals surface area contributed by atoms with E-state index in [1.165, 1.54) is 6.07 Å². The van der Waals surface area contributed by atoms with Crippen LogP contribution in [0.2, 0.25) is 5.02 Å². The molecule has 0 bridgehead atoms. The second kappa shape index (κ2) is 8.12. The van der Waals surface area contributed by atoms with Crippen LogP contribution >= 0.6 is 11.6 Å². The Morgan fingerprint density at radius 1 is 1.30 bits per heavy atom. The first-order valence-electron chi connectivity index (χ1n) is 9.64. The summed E-state index contributed by atoms with van der Waals surface area (Å²) in [7, 11) is 0. The summed E-state index contributed by atoms with van der Waals surface area (Å²) in [6.45, 7) is 5.62. The summed E-state index contributed by atoms with van der Waals surface area (Å²) in [6, 6.07) is 6.03. The number of carbonyl (C=O) groups excluding carboxylic acids is 1. The highest BCUT2D eigenvalue weighted by Crippen LogP contribution is 2.33. The van der Waals surface area contributed by atoms with Crippen LogP contribution in [0.3, 0.4) is 0 Å². The average molecular weight is 430 g/mol. The Bertz CT molecular complexity index is 1110. The number of pyridine rings is 1. The van der Waals surface area contributed by atoms with Crippen molar-refractivity contribution in [1.82, 2.24) is 20.0 Å². The second-order valence-corrected chi connectivity index (χ2v) is 8.07. The molecule has 0 aliphatic carbocycles. The van der Waals surface area contributed by atoms with Crippen LogP contribution < -0.4 is 5.73 Å². The van der Waals surface area contributed by atoms with E-state index in [4.69, 9.17) is 21.9 Å². The fraction of sp³-hybridized carbons (Fsp3) is 0.333. The van der Waals surface area contributed by atoms with Crippen LogP contribution in [-0.4, -0.2) is 32.5 Å². The highest BCUT2D eigenvalue weighted by molar-refractivity contribution is 6.30. The Morgan fingerprint density at radius 2 is 2.10 bits per heavy atom. The van der Waals surface area contributed by atoms with E-state index in [0.717, 1.165) is 5.56 Å². The molecule has 3 heterocycles. The Morgan fingerprint density at radius 3 is 2.77 bits per heavy atom. The maximum atomic E-state index is 14.6. The van der Waals surface area contributed by atoms with Crippen LogP contribution in [0.25, 0.3) is 11.1 Å². The van der Waals surface area contributed by atoms with Crippen molar-refractivity contribution in [3.8, 4) is 11.1 Å². The van der Waals surface area contributed by atoms with Crippen LogP contribution in [0.5, 0.6) is 0 Å². The monoisotopic (exact) mass is 429 g/mol. The van der Waals surface area contributed by atoms with Gasteiger partial charge in [-0.1, -0.05) is 30.6 Å². The van der Waals surface area contributed by atoms with Crippen molar-refractivity contribution in [2.45, 2.75) is 39.3 Å². The third-order valence-electron chi connectivity index (χ3n) is 5.09. The third kappa shape index (κ3) is 4.06. The van der Waals surface area contributed by atoms with Gasteiger partial charge < -0.3 is 10.3 Å². The number of rotatable bonds is 5. The molecule has 0 fully saturated rings. The molecule has 3 aromatic rings. The van der Waals surface area contributed by atoms with E-state index < -0.39 is 11.7 Å². The lowest BCUT2D eigenvalue weighted by atomic mass is 9.93. The quantitative estimate of drug-likeness (QED) is 0.664. The zero-order valence-electron chi connectivity index (χ0n) is 16.7. The maximum Gasteiger partial charge on any atom is 0.267 e. The summed E-state index contributed by atoms with van der Waals surface area (Å²) in [5, 5.41) is 4.30. The van der Waals surface area contributed by atoms with Crippen LogP contribution in [0.1, 0.15) is 53.2 Å². The number of nitrogens with zero attached hydrogens (tertiary/aromatic N) is 4. The first kappa shape index (κ1) is 20.4. The molecule has 1 aromatic carbocycles. The normalized spacial score (nSPS) is 14.2. The van der Waals surface area contributed by atoms with Gasteiger partial charge in [0.15, 0.2) is 5.82 Å². The van der Waals surface area contributed by atoms with Gasteiger partial charge >= 0.3 is 0 Å². The van der Waals surface area contributed by atoms with E-state index in [1.807, 2.05) is 13.8 Å². The number of hydrogen-bond donors (Lipinski definition) is 1. The van der Waals surface area contributed by atoms with Crippen LogP contribution in [0.15, 0.2) is 28.8 Å². The van der Waals surface area contributed by atoms with E-state index in [1.54, 1.807) is 18.2 Å². The molecule has 156 valence electrons. The van der Waals surface area contributed by atoms with Crippen molar-refractivity contribution < 1.29 is 13.7 Å². The largest absolute Gasteiger partial charge is 0.364 e. The smallest absolute Gasteiger partial charge is 0.267 e. The second-order valence-electron chi connectivity index (χ2n) is 7.63. The molecule has 2 aromatic heterocycles. The number of amides is 1. The molecule has 1 aliphatic heterocycles. The SMILES string of the molecule is CC(C)c1noc(CN2CCc3c(-c4ccc(Cl)cc4F)cc(C(N)=O)nc3C2)n1. The van der Waals surface area contributed by atoms with Crippen molar-refractivity contribution in [3.05, 3.63) is 63.8 Å². The Balaban J connectivity index is 1.67. The van der Waals surface area contributed by atoms with Gasteiger partial charge in [0.05, 0.1) is 12.2 Å². The van der Waals surface area contributed by atoms with Crippen LogP contribution in [-0.2, 0) is 19.5 Å². The molecule has 0 saturated heterocycles. The first-order chi connectivity index (χ1) is 14.3. The number of nitrogens with two attached hydrogens (primary N) is 1. The molecule has 7 nitrogen and oxygen atoms in total. The van der Waals surface area contributed by atoms with Gasteiger partial charge in [-0.05, 0) is 41.8 Å². The van der Waals surface area contributed by atoms with E-state index in [-0.39, 0.29) is 11.6 Å². The van der Waals surface area contributed by atoms with Crippen molar-refractivity contribution in [1.29, 1.82) is 0 Å². The van der Waals surface area contributed by atoms with E-state index >= 15 is 0 Å². The number of carbonyl (C=O) groups is 1. The van der Waals surface area contributed by atoms with Gasteiger partial charge in [-0.25, -0.2) is 9.37 Å². The number of hydrogen-bond acceptors (Lipinski definition) is 6. The van der Waals surface area contributed by atoms with Gasteiger partial charge in [0, 0.05) is 29.6 Å². The molecule has 1 aliphatic rings. The van der Waals surface area contributed by atoms with E-state index in [2.05, 4.69) is 20.0 Å². The van der Waals surface area contributed by atoms with E-state index in [9.17, 15) is 9.18 Å². The van der Waals surface area contributed by atoms with Gasteiger partial charge in [-0.2, -0.15) is 4.98 Å². The van der Waals surface area contributed by atoms with Crippen molar-refractivity contribution in [2.24, 2.45) is 5.73 Å². The fourth-order valence-corrected chi connectivity index (χ4v) is 3.72. The zero-order chi connectivity index (χ0) is 21.4. The Labute approximate surface area is 178 Å². The summed E-state index contributed by atoms with van der Waals surface area (Å²) in [5.41, 5.74) is 8.14. The van der Waals surface area contributed by atoms with Gasteiger partial charge in [0.1, 0.15) is 11.5 Å². The molecule has 0 atom stereocenters. The van der Waals surface area contributed by atoms with Crippen molar-refractivity contribution in [3.63, 3.8) is 0 Å². The lowest BCUT2D eigenvalue weighted by Crippen LogP contribution is -2.32. The molecule has 0 saturated carbocycles. The minimum Gasteiger partial charge on any atom is -0.364 e. The van der Waals surface area contributed by atoms with Gasteiger partial charge in [-0.15, -0.1) is 0 Å². The number of aromatic nitrogens is 3. The Kier molecular flexibility index (Phi) is 5.53. The van der Waals surface area contributed by atoms with Crippen LogP contribution in [0.4, 0.5) is 4.39 Å². The molecular formula is C21H21ClFN5O2. The number of primary amides is 1. The summed E-state index contributed by atoms with van der Waals surface area (Å²) < 4.78 is 20.0. The molecule has 0 spiro atoms. The van der Waals surface area contributed by atoms with Crippen molar-refractivity contribution >= 4 is 17.5 Å². The van der Waals surface area contributed by atoms with Crippen LogP contribution in [0, 0.1) is 5.82 Å². The standard InChI is InChI=1S/C21H21ClFN5O2/c1-11(2)21-26-19(30-27-21)10-28-6-5-14-15(13-4-3-12(22)7-16(13)23)8-17(20(24)29)25-18(14)9-28/h3-4,7-8,11H,5-6,9-10H2,1-2H3,(H2,24,29). The van der Waals surface area contributed by atoms with Crippen molar-refractivity contribution in [2.75, 3.05) is 6.54 Å². The highest BCUT2D eigenvalue weighted by Gasteiger charge is 2.25. The molecule has 2 N–H and O–H groups in total. The number of fused-ring (bicyclic) bond motifs is 1. The summed E-state index contributed by atoms with van der Waals surface area (Å²) >= 11 is 5.89. The molecular weight excluding hydrogens is 409 g/mol. The maximum absolute atomic E-state index is 14.6. The minimum absolute atomic E-state index is 0.0971. The number of benzene rings is 1. The third-order valence-corrected chi connectivity index (χ3v) is 5.33. The number of halogens is 2. The highest BCUT2D eigenvalue weighted by atomic mass is 35.5. The Hall–Kier alpha value is -2.84. The topological polar surface area (TPSA) is 98.1 Å².